The molecule has 15 heteroatoms. The van der Waals surface area contributed by atoms with Gasteiger partial charge >= 0.3 is 6.55 Å². The normalized spacial score (nSPS) is 12.3. The Bertz CT molecular complexity index is 1840. The van der Waals surface area contributed by atoms with E-state index in [1.165, 1.54) is 66.5 Å². The molecule has 0 saturated carbocycles. The van der Waals surface area contributed by atoms with Crippen molar-refractivity contribution in [3.05, 3.63) is 82.1 Å². The Hall–Kier alpha value is -4.72. The van der Waals surface area contributed by atoms with Gasteiger partial charge in [-0.2, -0.15) is 13.9 Å². The molecule has 5 rings (SSSR count). The summed E-state index contributed by atoms with van der Waals surface area (Å²) in [7, 11) is 1.37. The first kappa shape index (κ1) is 28.8. The van der Waals surface area contributed by atoms with Crippen LogP contribution >= 0.6 is 11.6 Å². The molecule has 0 radical (unpaired) electrons. The maximum absolute atomic E-state index is 13.4. The molecular formula is C27H22ClF4N7O3. The Morgan fingerprint density at radius 1 is 1.05 bits per heavy atom. The smallest absolute Gasteiger partial charge is 0.333 e. The number of amides is 1. The first-order valence-electron chi connectivity index (χ1n) is 12.5. The third kappa shape index (κ3) is 5.57. The van der Waals surface area contributed by atoms with E-state index >= 15 is 0 Å². The number of anilines is 1. The molecule has 3 aromatic heterocycles. The average molecular weight is 604 g/mol. The summed E-state index contributed by atoms with van der Waals surface area (Å²) < 4.78 is 60.7. The van der Waals surface area contributed by atoms with Crippen molar-refractivity contribution in [1.82, 2.24) is 29.3 Å². The molecule has 0 spiro atoms. The highest BCUT2D eigenvalue weighted by molar-refractivity contribution is 6.31. The largest absolute Gasteiger partial charge is 0.495 e. The summed E-state index contributed by atoms with van der Waals surface area (Å²) in [6.45, 7) is -1.09. The van der Waals surface area contributed by atoms with Crippen molar-refractivity contribution in [2.75, 3.05) is 12.4 Å². The SMILES string of the molecule is CC[C@@H](C(=O)Nc1ccc2nn(C(F)F)cc2c1)n1cc(OC)c(-c2cc(Cl)ccc2-n2cc(C(F)F)nn2)cc1=O. The number of rotatable bonds is 9. The summed E-state index contributed by atoms with van der Waals surface area (Å²) in [5.74, 6) is -0.333. The molecule has 0 aliphatic carbocycles. The van der Waals surface area contributed by atoms with Crippen LogP contribution in [0.3, 0.4) is 0 Å². The summed E-state index contributed by atoms with van der Waals surface area (Å²) in [5, 5.41) is 14.5. The number of carbonyl (C=O) groups is 1. The van der Waals surface area contributed by atoms with E-state index in [-0.39, 0.29) is 17.7 Å². The summed E-state index contributed by atoms with van der Waals surface area (Å²) >= 11 is 6.24. The van der Waals surface area contributed by atoms with Gasteiger partial charge in [0.2, 0.25) is 5.91 Å². The molecule has 218 valence electrons. The van der Waals surface area contributed by atoms with Crippen molar-refractivity contribution in [2.24, 2.45) is 0 Å². The van der Waals surface area contributed by atoms with Crippen LogP contribution in [-0.2, 0) is 4.79 Å². The molecule has 3 heterocycles. The van der Waals surface area contributed by atoms with E-state index in [1.54, 1.807) is 6.92 Å². The number of halogens is 5. The van der Waals surface area contributed by atoms with Crippen LogP contribution in [0, 0.1) is 0 Å². The Morgan fingerprint density at radius 2 is 1.83 bits per heavy atom. The Morgan fingerprint density at radius 3 is 2.50 bits per heavy atom. The fourth-order valence-corrected chi connectivity index (χ4v) is 4.69. The number of nitrogens with zero attached hydrogens (tertiary/aromatic N) is 6. The Labute approximate surface area is 240 Å². The number of nitrogens with one attached hydrogen (secondary N) is 1. The number of benzene rings is 2. The lowest BCUT2D eigenvalue weighted by Gasteiger charge is -2.20. The molecule has 0 aliphatic rings. The van der Waals surface area contributed by atoms with Crippen molar-refractivity contribution in [3.8, 4) is 22.6 Å². The lowest BCUT2D eigenvalue weighted by Crippen LogP contribution is -2.32. The zero-order chi connectivity index (χ0) is 30.1. The predicted octanol–water partition coefficient (Wildman–Crippen LogP) is 6.03. The summed E-state index contributed by atoms with van der Waals surface area (Å²) in [6, 6.07) is 9.40. The summed E-state index contributed by atoms with van der Waals surface area (Å²) in [4.78, 5) is 26.7. The number of fused-ring (bicyclic) bond motifs is 1. The van der Waals surface area contributed by atoms with E-state index in [0.29, 0.717) is 37.5 Å². The highest BCUT2D eigenvalue weighted by atomic mass is 35.5. The molecule has 1 atom stereocenters. The van der Waals surface area contributed by atoms with Gasteiger partial charge in [-0.25, -0.2) is 18.1 Å². The third-order valence-electron chi connectivity index (χ3n) is 6.51. The van der Waals surface area contributed by atoms with E-state index < -0.39 is 36.2 Å². The molecule has 2 aromatic carbocycles. The van der Waals surface area contributed by atoms with Gasteiger partial charge in [0.1, 0.15) is 17.5 Å². The fraction of sp³-hybridized carbons (Fsp3) is 0.222. The van der Waals surface area contributed by atoms with Crippen molar-refractivity contribution in [3.63, 3.8) is 0 Å². The maximum atomic E-state index is 13.4. The second-order valence-corrected chi connectivity index (χ2v) is 9.56. The van der Waals surface area contributed by atoms with E-state index in [9.17, 15) is 27.2 Å². The Kier molecular flexibility index (Phi) is 7.98. The van der Waals surface area contributed by atoms with Gasteiger partial charge in [-0.05, 0) is 42.8 Å². The van der Waals surface area contributed by atoms with Gasteiger partial charge in [-0.15, -0.1) is 5.10 Å². The number of pyridine rings is 1. The highest BCUT2D eigenvalue weighted by Crippen LogP contribution is 2.36. The summed E-state index contributed by atoms with van der Waals surface area (Å²) in [5.41, 5.74) is 0.511. The number of hydrogen-bond donors (Lipinski definition) is 1. The van der Waals surface area contributed by atoms with Crippen molar-refractivity contribution < 1.29 is 27.1 Å². The minimum Gasteiger partial charge on any atom is -0.495 e. The monoisotopic (exact) mass is 603 g/mol. The van der Waals surface area contributed by atoms with E-state index in [0.717, 1.165) is 10.9 Å². The number of carbonyl (C=O) groups excluding carboxylic acids is 1. The van der Waals surface area contributed by atoms with E-state index in [1.807, 2.05) is 0 Å². The second-order valence-electron chi connectivity index (χ2n) is 9.12. The number of ether oxygens (including phenoxy) is 1. The number of hydrogen-bond acceptors (Lipinski definition) is 6. The van der Waals surface area contributed by atoms with Gasteiger partial charge in [0.25, 0.3) is 12.0 Å². The van der Waals surface area contributed by atoms with Crippen LogP contribution in [0.4, 0.5) is 23.2 Å². The quantitative estimate of drug-likeness (QED) is 0.206. The van der Waals surface area contributed by atoms with Crippen LogP contribution in [0.15, 0.2) is 65.8 Å². The zero-order valence-corrected chi connectivity index (χ0v) is 22.8. The summed E-state index contributed by atoms with van der Waals surface area (Å²) in [6.07, 6.45) is 0.995. The third-order valence-corrected chi connectivity index (χ3v) is 6.74. The highest BCUT2D eigenvalue weighted by Gasteiger charge is 2.24. The topological polar surface area (TPSA) is 109 Å². The average Bonchev–Trinajstić information content (AvgIpc) is 3.62. The molecule has 42 heavy (non-hydrogen) atoms. The van der Waals surface area contributed by atoms with Gasteiger partial charge in [0, 0.05) is 39.5 Å². The molecule has 0 saturated heterocycles. The van der Waals surface area contributed by atoms with Crippen molar-refractivity contribution >= 4 is 34.1 Å². The van der Waals surface area contributed by atoms with Crippen LogP contribution in [0.2, 0.25) is 5.02 Å². The molecule has 1 N–H and O–H groups in total. The Balaban J connectivity index is 1.50. The van der Waals surface area contributed by atoms with Crippen LogP contribution in [-0.4, -0.2) is 42.4 Å². The van der Waals surface area contributed by atoms with Crippen molar-refractivity contribution in [1.29, 1.82) is 0 Å². The molecule has 0 unspecified atom stereocenters. The lowest BCUT2D eigenvalue weighted by molar-refractivity contribution is -0.119. The first-order chi connectivity index (χ1) is 20.1. The molecule has 0 aliphatic heterocycles. The molecule has 0 fully saturated rings. The number of aromatic nitrogens is 6. The van der Waals surface area contributed by atoms with Crippen molar-refractivity contribution in [2.45, 2.75) is 32.4 Å². The number of methoxy groups -OCH3 is 1. The van der Waals surface area contributed by atoms with Crippen LogP contribution < -0.4 is 15.6 Å². The van der Waals surface area contributed by atoms with Gasteiger partial charge in [0.15, 0.2) is 0 Å². The second kappa shape index (κ2) is 11.6. The minimum absolute atomic E-state index is 0.194. The lowest BCUT2D eigenvalue weighted by atomic mass is 10.0. The van der Waals surface area contributed by atoms with Crippen LogP contribution in [0.25, 0.3) is 27.7 Å². The fourth-order valence-electron chi connectivity index (χ4n) is 4.52. The first-order valence-corrected chi connectivity index (χ1v) is 12.9. The van der Waals surface area contributed by atoms with E-state index in [4.69, 9.17) is 16.3 Å². The molecular weight excluding hydrogens is 582 g/mol. The van der Waals surface area contributed by atoms with Gasteiger partial charge < -0.3 is 10.1 Å². The zero-order valence-electron chi connectivity index (χ0n) is 22.0. The van der Waals surface area contributed by atoms with Gasteiger partial charge in [-0.3, -0.25) is 14.2 Å². The van der Waals surface area contributed by atoms with E-state index in [2.05, 4.69) is 20.7 Å². The van der Waals surface area contributed by atoms with Gasteiger partial charge in [-0.1, -0.05) is 23.7 Å². The minimum atomic E-state index is -2.83. The molecule has 1 amide bonds. The van der Waals surface area contributed by atoms with Gasteiger partial charge in [0.05, 0.1) is 30.7 Å². The molecule has 10 nitrogen and oxygen atoms in total. The van der Waals surface area contributed by atoms with Crippen LogP contribution in [0.5, 0.6) is 5.75 Å². The molecule has 0 bridgehead atoms. The van der Waals surface area contributed by atoms with Crippen LogP contribution in [0.1, 0.15) is 38.1 Å². The molecule has 5 aromatic rings. The standard InChI is InChI=1S/C27H22ClF4N7O3/c1-3-21(26(41)33-16-5-6-19-14(8-16)11-39(35-19)27(31)32)37-13-23(42-2)18(10-24(37)40)17-9-15(28)4-7-22(17)38-12-20(25(29)30)34-36-38/h4-13,21,25,27H,3H2,1-2H3,(H,33,41)/t21-/m0/s1. The predicted molar refractivity (Wildman–Crippen MR) is 147 cm³/mol. The maximum Gasteiger partial charge on any atom is 0.333 e. The number of alkyl halides is 4.